The molecular formula is C20H26N4O5. The maximum atomic E-state index is 11.7. The van der Waals surface area contributed by atoms with Gasteiger partial charge in [0.05, 0.1) is 5.56 Å². The summed E-state index contributed by atoms with van der Waals surface area (Å²) in [7, 11) is 0. The van der Waals surface area contributed by atoms with Crippen LogP contribution in [0.4, 0.5) is 0 Å². The SMILES string of the molecule is O=C(C[C@@H](CCCC1CCCCC1)c1nc(-c2cncc(C(=O)O)c2)no1)NO. The molecule has 1 aliphatic carbocycles. The van der Waals surface area contributed by atoms with Crippen LogP contribution in [0.5, 0.6) is 0 Å². The molecule has 1 fully saturated rings. The molecule has 1 atom stereocenters. The van der Waals surface area contributed by atoms with E-state index < -0.39 is 11.9 Å². The number of hydrogen-bond acceptors (Lipinski definition) is 7. The number of nitrogens with zero attached hydrogens (tertiary/aromatic N) is 3. The zero-order valence-corrected chi connectivity index (χ0v) is 16.2. The number of hydroxylamine groups is 1. The van der Waals surface area contributed by atoms with Gasteiger partial charge in [-0.1, -0.05) is 50.1 Å². The first-order chi connectivity index (χ1) is 14.1. The van der Waals surface area contributed by atoms with Crippen LogP contribution in [0.15, 0.2) is 23.0 Å². The summed E-state index contributed by atoms with van der Waals surface area (Å²) >= 11 is 0. The van der Waals surface area contributed by atoms with Crippen LogP contribution in [-0.2, 0) is 4.79 Å². The van der Waals surface area contributed by atoms with E-state index >= 15 is 0 Å². The van der Waals surface area contributed by atoms with Gasteiger partial charge in [-0.2, -0.15) is 4.98 Å². The largest absolute Gasteiger partial charge is 0.478 e. The van der Waals surface area contributed by atoms with Crippen LogP contribution in [0.1, 0.15) is 80.0 Å². The summed E-state index contributed by atoms with van der Waals surface area (Å²) in [5.41, 5.74) is 2.11. The van der Waals surface area contributed by atoms with Gasteiger partial charge < -0.3 is 9.63 Å². The molecule has 0 aromatic carbocycles. The number of carbonyl (C=O) groups excluding carboxylic acids is 1. The summed E-state index contributed by atoms with van der Waals surface area (Å²) in [6, 6.07) is 1.42. The Hall–Kier alpha value is -2.81. The molecule has 1 amide bonds. The lowest BCUT2D eigenvalue weighted by atomic mass is 9.84. The van der Waals surface area contributed by atoms with E-state index in [9.17, 15) is 9.59 Å². The van der Waals surface area contributed by atoms with Gasteiger partial charge >= 0.3 is 5.97 Å². The monoisotopic (exact) mass is 402 g/mol. The van der Waals surface area contributed by atoms with Gasteiger partial charge in [0.15, 0.2) is 0 Å². The normalized spacial score (nSPS) is 15.8. The van der Waals surface area contributed by atoms with E-state index in [0.717, 1.165) is 18.8 Å². The van der Waals surface area contributed by atoms with E-state index in [4.69, 9.17) is 14.8 Å². The van der Waals surface area contributed by atoms with E-state index in [0.29, 0.717) is 17.9 Å². The van der Waals surface area contributed by atoms with Crippen molar-refractivity contribution >= 4 is 11.9 Å². The van der Waals surface area contributed by atoms with Crippen LogP contribution in [-0.4, -0.2) is 37.3 Å². The highest BCUT2D eigenvalue weighted by Gasteiger charge is 2.24. The second-order valence-corrected chi connectivity index (χ2v) is 7.59. The molecule has 9 heteroatoms. The number of carbonyl (C=O) groups is 2. The molecule has 9 nitrogen and oxygen atoms in total. The van der Waals surface area contributed by atoms with Crippen LogP contribution < -0.4 is 5.48 Å². The van der Waals surface area contributed by atoms with Gasteiger partial charge in [0.1, 0.15) is 0 Å². The molecule has 156 valence electrons. The molecule has 2 aromatic rings. The van der Waals surface area contributed by atoms with Crippen molar-refractivity contribution in [1.82, 2.24) is 20.6 Å². The number of rotatable bonds is 9. The highest BCUT2D eigenvalue weighted by Crippen LogP contribution is 2.31. The van der Waals surface area contributed by atoms with Crippen LogP contribution in [0.2, 0.25) is 0 Å². The van der Waals surface area contributed by atoms with Crippen LogP contribution in [0, 0.1) is 5.92 Å². The van der Waals surface area contributed by atoms with Crippen molar-refractivity contribution in [2.75, 3.05) is 0 Å². The summed E-state index contributed by atoms with van der Waals surface area (Å²) < 4.78 is 5.37. The van der Waals surface area contributed by atoms with Gasteiger partial charge in [-0.05, 0) is 18.4 Å². The third kappa shape index (κ3) is 5.83. The molecule has 0 spiro atoms. The first-order valence-electron chi connectivity index (χ1n) is 10.0. The van der Waals surface area contributed by atoms with Crippen molar-refractivity contribution in [1.29, 1.82) is 0 Å². The third-order valence-electron chi connectivity index (χ3n) is 5.48. The fraction of sp³-hybridized carbons (Fsp3) is 0.550. The number of nitrogens with one attached hydrogen (secondary N) is 1. The summed E-state index contributed by atoms with van der Waals surface area (Å²) in [5, 5.41) is 21.9. The summed E-state index contributed by atoms with van der Waals surface area (Å²) in [5.74, 6) is -0.669. The van der Waals surface area contributed by atoms with Gasteiger partial charge in [0.2, 0.25) is 17.6 Å². The molecule has 3 N–H and O–H groups in total. The molecular weight excluding hydrogens is 376 g/mol. The highest BCUT2D eigenvalue weighted by molar-refractivity contribution is 5.88. The second-order valence-electron chi connectivity index (χ2n) is 7.59. The number of aromatic nitrogens is 3. The van der Waals surface area contributed by atoms with Gasteiger partial charge in [-0.25, -0.2) is 10.3 Å². The number of amides is 1. The number of pyridine rings is 1. The van der Waals surface area contributed by atoms with Gasteiger partial charge in [-0.15, -0.1) is 0 Å². The topological polar surface area (TPSA) is 138 Å². The zero-order chi connectivity index (χ0) is 20.6. The lowest BCUT2D eigenvalue weighted by Gasteiger charge is -2.22. The lowest BCUT2D eigenvalue weighted by molar-refractivity contribution is -0.129. The van der Waals surface area contributed by atoms with E-state index in [1.807, 2.05) is 0 Å². The van der Waals surface area contributed by atoms with E-state index in [2.05, 4.69) is 15.1 Å². The smallest absolute Gasteiger partial charge is 0.337 e. The molecule has 0 aliphatic heterocycles. The van der Waals surface area contributed by atoms with Gasteiger partial charge in [0.25, 0.3) is 0 Å². The number of carboxylic acids is 1. The van der Waals surface area contributed by atoms with Crippen LogP contribution in [0.3, 0.4) is 0 Å². The quantitative estimate of drug-likeness (QED) is 0.427. The Balaban J connectivity index is 1.69. The van der Waals surface area contributed by atoms with Gasteiger partial charge in [-0.3, -0.25) is 15.0 Å². The number of aromatic carboxylic acids is 1. The van der Waals surface area contributed by atoms with Crippen LogP contribution in [0.25, 0.3) is 11.4 Å². The first-order valence-corrected chi connectivity index (χ1v) is 10.0. The Morgan fingerprint density at radius 3 is 2.76 bits per heavy atom. The molecule has 2 aromatic heterocycles. The van der Waals surface area contributed by atoms with Crippen molar-refractivity contribution in [3.63, 3.8) is 0 Å². The Kier molecular flexibility index (Phi) is 7.29. The Bertz CT molecular complexity index is 832. The third-order valence-corrected chi connectivity index (χ3v) is 5.48. The predicted molar refractivity (Wildman–Crippen MR) is 102 cm³/mol. The lowest BCUT2D eigenvalue weighted by Crippen LogP contribution is -2.21. The van der Waals surface area contributed by atoms with Crippen molar-refractivity contribution in [2.45, 2.75) is 63.7 Å². The van der Waals surface area contributed by atoms with Crippen molar-refractivity contribution < 1.29 is 24.4 Å². The molecule has 2 heterocycles. The van der Waals surface area contributed by atoms with Gasteiger partial charge in [0, 0.05) is 30.3 Å². The number of hydrogen-bond donors (Lipinski definition) is 3. The summed E-state index contributed by atoms with van der Waals surface area (Å²) in [6.45, 7) is 0. The molecule has 0 unspecified atom stereocenters. The average Bonchev–Trinajstić information content (AvgIpc) is 3.24. The molecule has 29 heavy (non-hydrogen) atoms. The molecule has 1 aliphatic rings. The van der Waals surface area contributed by atoms with Crippen molar-refractivity contribution in [3.8, 4) is 11.4 Å². The Morgan fingerprint density at radius 2 is 2.03 bits per heavy atom. The fourth-order valence-electron chi connectivity index (χ4n) is 3.91. The second kappa shape index (κ2) is 10.1. The standard InChI is InChI=1S/C20H26N4O5/c25-17(23-28)10-14(8-4-7-13-5-2-1-3-6-13)19-22-18(24-29-19)15-9-16(20(26)27)12-21-11-15/h9,11-14,28H,1-8,10H2,(H,23,25)(H,26,27)/t14-/m1/s1. The van der Waals surface area contributed by atoms with Crippen molar-refractivity contribution in [2.24, 2.45) is 5.92 Å². The molecule has 3 rings (SSSR count). The number of carboxylic acid groups (broad SMARTS) is 1. The maximum Gasteiger partial charge on any atom is 0.337 e. The van der Waals surface area contributed by atoms with E-state index in [1.165, 1.54) is 50.6 Å². The predicted octanol–water partition coefficient (Wildman–Crippen LogP) is 3.56. The summed E-state index contributed by atoms with van der Waals surface area (Å²) in [4.78, 5) is 31.1. The highest BCUT2D eigenvalue weighted by atomic mass is 16.5. The Morgan fingerprint density at radius 1 is 1.24 bits per heavy atom. The van der Waals surface area contributed by atoms with Crippen molar-refractivity contribution in [3.05, 3.63) is 29.9 Å². The minimum absolute atomic E-state index is 0.0255. The Labute approximate surface area is 168 Å². The van der Waals surface area contributed by atoms with Crippen LogP contribution >= 0.6 is 0 Å². The first kappa shape index (κ1) is 20.9. The molecule has 0 saturated heterocycles. The zero-order valence-electron chi connectivity index (χ0n) is 16.2. The summed E-state index contributed by atoms with van der Waals surface area (Å²) in [6.07, 6.45) is 11.9. The average molecular weight is 402 g/mol. The fourth-order valence-corrected chi connectivity index (χ4v) is 3.91. The minimum atomic E-state index is -1.09. The maximum absolute atomic E-state index is 11.7. The molecule has 0 bridgehead atoms. The van der Waals surface area contributed by atoms with E-state index in [-0.39, 0.29) is 23.7 Å². The van der Waals surface area contributed by atoms with E-state index in [1.54, 1.807) is 5.48 Å². The molecule has 1 saturated carbocycles. The molecule has 0 radical (unpaired) electrons. The minimum Gasteiger partial charge on any atom is -0.478 e.